The second kappa shape index (κ2) is 7.89. The molecule has 1 N–H and O–H groups in total. The van der Waals surface area contributed by atoms with Crippen LogP contribution in [0.5, 0.6) is 0 Å². The average Bonchev–Trinajstić information content (AvgIpc) is 3.45. The van der Waals surface area contributed by atoms with Crippen LogP contribution in [0.4, 0.5) is 0 Å². The van der Waals surface area contributed by atoms with Gasteiger partial charge in [0.05, 0.1) is 18.0 Å². The number of nitrogens with zero attached hydrogens (tertiary/aromatic N) is 1. The van der Waals surface area contributed by atoms with Crippen molar-refractivity contribution in [2.75, 3.05) is 13.2 Å². The molecule has 2 aromatic rings. The monoisotopic (exact) mass is 404 g/mol. The molecular weight excluding hydrogens is 380 g/mol. The number of esters is 1. The third-order valence-electron chi connectivity index (χ3n) is 4.80. The molecule has 0 unspecified atom stereocenters. The first-order valence-electron chi connectivity index (χ1n) is 9.23. The number of nitrogens with one attached hydrogen (secondary N) is 1. The van der Waals surface area contributed by atoms with Crippen LogP contribution >= 0.6 is 0 Å². The maximum atomic E-state index is 13.0. The van der Waals surface area contributed by atoms with E-state index in [2.05, 4.69) is 4.98 Å². The molecule has 0 aliphatic heterocycles. The van der Waals surface area contributed by atoms with E-state index >= 15 is 0 Å². The molecule has 150 valence electrons. The Morgan fingerprint density at radius 2 is 1.82 bits per heavy atom. The first kappa shape index (κ1) is 20.3. The number of rotatable bonds is 8. The predicted molar refractivity (Wildman–Crippen MR) is 104 cm³/mol. The van der Waals surface area contributed by atoms with Crippen molar-refractivity contribution in [3.8, 4) is 0 Å². The number of ether oxygens (including phenoxy) is 1. The highest BCUT2D eigenvalue weighted by Crippen LogP contribution is 2.32. The van der Waals surface area contributed by atoms with Crippen LogP contribution in [0.3, 0.4) is 0 Å². The molecule has 1 aliphatic rings. The van der Waals surface area contributed by atoms with Gasteiger partial charge in [0.25, 0.3) is 0 Å². The fraction of sp³-hybridized carbons (Fsp3) is 0.400. The number of sulfonamides is 1. The number of ketones is 1. The van der Waals surface area contributed by atoms with Crippen molar-refractivity contribution in [1.82, 2.24) is 9.29 Å². The first-order valence-corrected chi connectivity index (χ1v) is 10.7. The summed E-state index contributed by atoms with van der Waals surface area (Å²) in [6.45, 7) is 5.03. The van der Waals surface area contributed by atoms with E-state index in [-0.39, 0.29) is 35.6 Å². The van der Waals surface area contributed by atoms with Crippen LogP contribution < -0.4 is 0 Å². The van der Waals surface area contributed by atoms with Crippen molar-refractivity contribution < 1.29 is 22.7 Å². The van der Waals surface area contributed by atoms with Gasteiger partial charge in [-0.15, -0.1) is 0 Å². The molecule has 1 aliphatic carbocycles. The Labute approximate surface area is 164 Å². The maximum absolute atomic E-state index is 13.0. The molecule has 28 heavy (non-hydrogen) atoms. The van der Waals surface area contributed by atoms with Crippen LogP contribution in [0.1, 0.15) is 51.9 Å². The summed E-state index contributed by atoms with van der Waals surface area (Å²) in [7, 11) is -3.77. The van der Waals surface area contributed by atoms with Gasteiger partial charge >= 0.3 is 5.97 Å². The number of H-pyrrole nitrogens is 1. The topological polar surface area (TPSA) is 96.5 Å². The highest BCUT2D eigenvalue weighted by atomic mass is 32.2. The molecule has 0 saturated heterocycles. The molecular formula is C20H24N2O5S. The van der Waals surface area contributed by atoms with Crippen LogP contribution in [-0.2, 0) is 14.8 Å². The lowest BCUT2D eigenvalue weighted by molar-refractivity contribution is 0.0519. The summed E-state index contributed by atoms with van der Waals surface area (Å²) in [5.41, 5.74) is 1.58. The summed E-state index contributed by atoms with van der Waals surface area (Å²) in [5, 5.41) is 0. The number of carbonyl (C=O) groups excluding carboxylic acids is 2. The van der Waals surface area contributed by atoms with Gasteiger partial charge in [0.2, 0.25) is 10.0 Å². The van der Waals surface area contributed by atoms with Gasteiger partial charge in [0, 0.05) is 17.3 Å². The van der Waals surface area contributed by atoms with Gasteiger partial charge in [-0.05, 0) is 51.3 Å². The van der Waals surface area contributed by atoms with E-state index < -0.39 is 16.0 Å². The molecule has 1 aromatic carbocycles. The van der Waals surface area contributed by atoms with Gasteiger partial charge in [-0.25, -0.2) is 13.2 Å². The minimum Gasteiger partial charge on any atom is -0.461 e. The Morgan fingerprint density at radius 1 is 1.18 bits per heavy atom. The number of carbonyl (C=O) groups is 2. The van der Waals surface area contributed by atoms with Gasteiger partial charge in [0.1, 0.15) is 5.69 Å². The number of hydrogen-bond donors (Lipinski definition) is 1. The van der Waals surface area contributed by atoms with Gasteiger partial charge in [-0.3, -0.25) is 4.79 Å². The number of aromatic nitrogens is 1. The molecule has 1 heterocycles. The van der Waals surface area contributed by atoms with E-state index in [4.69, 9.17) is 4.74 Å². The highest BCUT2D eigenvalue weighted by Gasteiger charge is 2.40. The Morgan fingerprint density at radius 3 is 2.39 bits per heavy atom. The van der Waals surface area contributed by atoms with Crippen molar-refractivity contribution >= 4 is 21.8 Å². The number of Topliss-reactive ketones (excluding diaryl/α,β-unsaturated/α-hetero) is 1. The molecule has 0 bridgehead atoms. The van der Waals surface area contributed by atoms with Crippen molar-refractivity contribution in [2.24, 2.45) is 0 Å². The third kappa shape index (κ3) is 3.88. The SMILES string of the molecule is CCOC(=O)c1[nH]c(C)c(C(=O)CN(C2CC2)S(=O)(=O)c2ccccc2)c1C. The number of benzene rings is 1. The molecule has 0 radical (unpaired) electrons. The summed E-state index contributed by atoms with van der Waals surface area (Å²) in [4.78, 5) is 28.2. The summed E-state index contributed by atoms with van der Waals surface area (Å²) in [6.07, 6.45) is 1.47. The largest absolute Gasteiger partial charge is 0.461 e. The van der Waals surface area contributed by atoms with Crippen LogP contribution in [0.15, 0.2) is 35.2 Å². The molecule has 8 heteroatoms. The fourth-order valence-corrected chi connectivity index (χ4v) is 4.96. The summed E-state index contributed by atoms with van der Waals surface area (Å²) in [6, 6.07) is 7.95. The summed E-state index contributed by atoms with van der Waals surface area (Å²) >= 11 is 0. The molecule has 0 atom stereocenters. The van der Waals surface area contributed by atoms with Gasteiger partial charge in [-0.2, -0.15) is 4.31 Å². The highest BCUT2D eigenvalue weighted by molar-refractivity contribution is 7.89. The Bertz CT molecular complexity index is 991. The minimum atomic E-state index is -3.77. The smallest absolute Gasteiger partial charge is 0.355 e. The predicted octanol–water partition coefficient (Wildman–Crippen LogP) is 2.84. The fourth-order valence-electron chi connectivity index (χ4n) is 3.30. The van der Waals surface area contributed by atoms with E-state index in [1.807, 2.05) is 0 Å². The summed E-state index contributed by atoms with van der Waals surface area (Å²) in [5.74, 6) is -0.869. The van der Waals surface area contributed by atoms with E-state index in [1.165, 1.54) is 16.4 Å². The molecule has 1 saturated carbocycles. The zero-order chi connectivity index (χ0) is 20.5. The van der Waals surface area contributed by atoms with E-state index in [0.29, 0.717) is 16.8 Å². The molecule has 3 rings (SSSR count). The lowest BCUT2D eigenvalue weighted by Gasteiger charge is -2.21. The van der Waals surface area contributed by atoms with Gasteiger partial charge < -0.3 is 9.72 Å². The van der Waals surface area contributed by atoms with E-state index in [9.17, 15) is 18.0 Å². The molecule has 1 fully saturated rings. The lowest BCUT2D eigenvalue weighted by atomic mass is 10.1. The Kier molecular flexibility index (Phi) is 5.71. The van der Waals surface area contributed by atoms with Crippen molar-refractivity contribution in [1.29, 1.82) is 0 Å². The third-order valence-corrected chi connectivity index (χ3v) is 6.71. The number of aromatic amines is 1. The normalized spacial score (nSPS) is 14.3. The van der Waals surface area contributed by atoms with Gasteiger partial charge in [-0.1, -0.05) is 18.2 Å². The molecule has 0 spiro atoms. The number of aryl methyl sites for hydroxylation is 1. The minimum absolute atomic E-state index is 0.168. The molecule has 7 nitrogen and oxygen atoms in total. The molecule has 0 amide bonds. The van der Waals surface area contributed by atoms with E-state index in [1.54, 1.807) is 39.0 Å². The first-order chi connectivity index (χ1) is 13.3. The van der Waals surface area contributed by atoms with Crippen molar-refractivity contribution in [3.63, 3.8) is 0 Å². The maximum Gasteiger partial charge on any atom is 0.355 e. The van der Waals surface area contributed by atoms with Crippen molar-refractivity contribution in [2.45, 2.75) is 44.6 Å². The van der Waals surface area contributed by atoms with E-state index in [0.717, 1.165) is 12.8 Å². The molecule has 1 aromatic heterocycles. The van der Waals surface area contributed by atoms with Crippen LogP contribution in [0.2, 0.25) is 0 Å². The quantitative estimate of drug-likeness (QED) is 0.539. The van der Waals surface area contributed by atoms with Crippen molar-refractivity contribution in [3.05, 3.63) is 52.8 Å². The Balaban J connectivity index is 1.90. The zero-order valence-electron chi connectivity index (χ0n) is 16.2. The average molecular weight is 404 g/mol. The van der Waals surface area contributed by atoms with Crippen LogP contribution in [-0.4, -0.2) is 48.7 Å². The van der Waals surface area contributed by atoms with Crippen LogP contribution in [0, 0.1) is 13.8 Å². The lowest BCUT2D eigenvalue weighted by Crippen LogP contribution is -2.37. The van der Waals surface area contributed by atoms with Crippen LogP contribution in [0.25, 0.3) is 0 Å². The van der Waals surface area contributed by atoms with Gasteiger partial charge in [0.15, 0.2) is 5.78 Å². The zero-order valence-corrected chi connectivity index (χ0v) is 17.0. The summed E-state index contributed by atoms with van der Waals surface area (Å²) < 4.78 is 32.4. The Hall–Kier alpha value is -2.45. The second-order valence-corrected chi connectivity index (χ2v) is 8.75. The standard InChI is InChI=1S/C20H24N2O5S/c1-4-27-20(24)19-13(2)18(14(3)21-19)17(23)12-22(15-10-11-15)28(25,26)16-8-6-5-7-9-16/h5-9,15,21H,4,10-12H2,1-3H3. The number of hydrogen-bond acceptors (Lipinski definition) is 5. The second-order valence-electron chi connectivity index (χ2n) is 6.86.